The largest absolute Gasteiger partial charge is 0.397 e. The molecule has 0 heterocycles. The van der Waals surface area contributed by atoms with Crippen LogP contribution in [0, 0.1) is 10.2 Å². The second kappa shape index (κ2) is 4.85. The predicted octanol–water partition coefficient (Wildman–Crippen LogP) is -3.27. The van der Waals surface area contributed by atoms with Crippen molar-refractivity contribution in [2.75, 3.05) is 11.5 Å². The summed E-state index contributed by atoms with van der Waals surface area (Å²) in [4.78, 5) is 0. The van der Waals surface area contributed by atoms with Crippen molar-refractivity contribution < 1.29 is 28.9 Å². The zero-order valence-corrected chi connectivity index (χ0v) is 7.27. The molecule has 0 aromatic heterocycles. The molecular formula is C6H9ClN2O4. The standard InChI is InChI=1S/C6H8N2.ClHO4/c7-5-3-1-2-4-6(5)8;2-1(3,4)5/h1-4H,7-8H2;(H,2,3,4,5). The van der Waals surface area contributed by atoms with Gasteiger partial charge in [-0.05, 0) is 12.1 Å². The van der Waals surface area contributed by atoms with E-state index in [2.05, 4.69) is 0 Å². The van der Waals surface area contributed by atoms with Crippen LogP contribution in [-0.4, -0.2) is 4.66 Å². The minimum atomic E-state index is -4.69. The Morgan fingerprint density at radius 3 is 1.38 bits per heavy atom. The quantitative estimate of drug-likeness (QED) is 0.382. The van der Waals surface area contributed by atoms with Gasteiger partial charge in [-0.25, -0.2) is 0 Å². The summed E-state index contributed by atoms with van der Waals surface area (Å²) in [5.74, 6) is 0. The second-order valence-corrected chi connectivity index (χ2v) is 2.82. The molecule has 0 aliphatic heterocycles. The molecule has 0 spiro atoms. The third kappa shape index (κ3) is 8.86. The Hall–Kier alpha value is -1.05. The summed E-state index contributed by atoms with van der Waals surface area (Å²) >= 11 is 0. The van der Waals surface area contributed by atoms with Crippen LogP contribution in [0.1, 0.15) is 0 Å². The van der Waals surface area contributed by atoms with Crippen LogP contribution in [0.15, 0.2) is 24.3 Å². The Morgan fingerprint density at radius 1 is 1.00 bits per heavy atom. The fourth-order valence-electron chi connectivity index (χ4n) is 0.511. The van der Waals surface area contributed by atoms with Crippen molar-refractivity contribution in [3.8, 4) is 0 Å². The molecule has 0 aliphatic rings. The first-order valence-corrected chi connectivity index (χ1v) is 4.30. The molecule has 5 N–H and O–H groups in total. The Morgan fingerprint density at radius 2 is 1.23 bits per heavy atom. The monoisotopic (exact) mass is 208 g/mol. The average Bonchev–Trinajstić information content (AvgIpc) is 1.92. The minimum absolute atomic E-state index is 0.646. The number of hydrogen-bond donors (Lipinski definition) is 3. The molecule has 0 unspecified atom stereocenters. The summed E-state index contributed by atoms with van der Waals surface area (Å²) in [5, 5.41) is 0. The molecule has 74 valence electrons. The van der Waals surface area contributed by atoms with Gasteiger partial charge in [0.2, 0.25) is 0 Å². The van der Waals surface area contributed by atoms with Gasteiger partial charge in [-0.2, -0.15) is 14.0 Å². The fraction of sp³-hybridized carbons (Fsp3) is 0. The molecule has 6 nitrogen and oxygen atoms in total. The molecule has 13 heavy (non-hydrogen) atoms. The van der Waals surface area contributed by atoms with Crippen molar-refractivity contribution in [2.45, 2.75) is 0 Å². The van der Waals surface area contributed by atoms with Crippen molar-refractivity contribution in [1.82, 2.24) is 0 Å². The maximum absolute atomic E-state index is 8.60. The summed E-state index contributed by atoms with van der Waals surface area (Å²) < 4.78 is 32.7. The number of hydrogen-bond acceptors (Lipinski definition) is 6. The van der Waals surface area contributed by atoms with E-state index >= 15 is 0 Å². The van der Waals surface area contributed by atoms with Crippen LogP contribution in [-0.2, 0) is 0 Å². The highest BCUT2D eigenvalue weighted by Crippen LogP contribution is 2.10. The minimum Gasteiger partial charge on any atom is -0.397 e. The topological polar surface area (TPSA) is 141 Å². The fourth-order valence-corrected chi connectivity index (χ4v) is 0.511. The number of nitrogens with two attached hydrogens (primary N) is 2. The molecule has 0 fully saturated rings. The Kier molecular flexibility index (Phi) is 4.46. The Balaban J connectivity index is 0.000000252. The molecular weight excluding hydrogens is 200 g/mol. The molecule has 0 atom stereocenters. The van der Waals surface area contributed by atoms with Crippen molar-refractivity contribution in [3.05, 3.63) is 24.3 Å². The Bertz CT molecular complexity index is 236. The van der Waals surface area contributed by atoms with Gasteiger partial charge in [0.15, 0.2) is 0 Å². The Labute approximate surface area is 76.8 Å². The maximum atomic E-state index is 8.60. The zero-order chi connectivity index (χ0) is 10.5. The molecule has 0 aliphatic carbocycles. The summed E-state index contributed by atoms with van der Waals surface area (Å²) in [6.07, 6.45) is 0. The van der Waals surface area contributed by atoms with Gasteiger partial charge < -0.3 is 11.5 Å². The van der Waals surface area contributed by atoms with E-state index in [-0.39, 0.29) is 0 Å². The number of nitrogen functional groups attached to an aromatic ring is 2. The summed E-state index contributed by atoms with van der Waals surface area (Å²) in [7, 11) is -4.69. The van der Waals surface area contributed by atoms with Crippen LogP contribution in [0.3, 0.4) is 0 Å². The first-order valence-electron chi connectivity index (χ1n) is 3.04. The third-order valence-corrected chi connectivity index (χ3v) is 0.996. The SMILES string of the molecule is Nc1ccccc1N.[O-][Cl+3]([O-])([O-])O. The second-order valence-electron chi connectivity index (χ2n) is 2.02. The van der Waals surface area contributed by atoms with Gasteiger partial charge in [0.25, 0.3) is 0 Å². The first-order chi connectivity index (χ1) is 5.80. The molecule has 0 amide bonds. The smallest absolute Gasteiger partial charge is 0.0777 e. The van der Waals surface area contributed by atoms with Crippen molar-refractivity contribution >= 4 is 11.4 Å². The number of halogens is 1. The highest BCUT2D eigenvalue weighted by atomic mass is 35.7. The van der Waals surface area contributed by atoms with E-state index in [4.69, 9.17) is 30.1 Å². The molecule has 0 radical (unpaired) electrons. The number of benzene rings is 1. The highest BCUT2D eigenvalue weighted by Gasteiger charge is 1.98. The summed E-state index contributed by atoms with van der Waals surface area (Å²) in [5.41, 5.74) is 12.1. The molecule has 1 aromatic carbocycles. The molecule has 0 saturated carbocycles. The molecule has 1 rings (SSSR count). The molecule has 7 heteroatoms. The van der Waals surface area contributed by atoms with Gasteiger partial charge in [0.1, 0.15) is 0 Å². The van der Waals surface area contributed by atoms with E-state index in [1.54, 1.807) is 12.1 Å². The van der Waals surface area contributed by atoms with Crippen LogP contribution < -0.4 is 25.4 Å². The lowest BCUT2D eigenvalue weighted by atomic mass is 10.3. The van der Waals surface area contributed by atoms with Gasteiger partial charge in [-0.3, -0.25) is 0 Å². The molecule has 1 aromatic rings. The lowest BCUT2D eigenvalue weighted by molar-refractivity contribution is -1.92. The van der Waals surface area contributed by atoms with Gasteiger partial charge in [0.05, 0.1) is 26.3 Å². The first kappa shape index (κ1) is 11.9. The van der Waals surface area contributed by atoms with E-state index in [1.807, 2.05) is 12.1 Å². The van der Waals surface area contributed by atoms with Crippen LogP contribution in [0.2, 0.25) is 0 Å². The number of rotatable bonds is 0. The third-order valence-electron chi connectivity index (χ3n) is 0.996. The van der Waals surface area contributed by atoms with Gasteiger partial charge >= 0.3 is 0 Å². The predicted molar refractivity (Wildman–Crippen MR) is 37.5 cm³/mol. The summed E-state index contributed by atoms with van der Waals surface area (Å²) in [6, 6.07) is 7.25. The lowest BCUT2D eigenvalue weighted by Gasteiger charge is -2.03. The van der Waals surface area contributed by atoms with Crippen LogP contribution in [0.4, 0.5) is 11.4 Å². The van der Waals surface area contributed by atoms with Crippen molar-refractivity contribution in [1.29, 1.82) is 0 Å². The van der Waals surface area contributed by atoms with Gasteiger partial charge in [-0.1, -0.05) is 12.1 Å². The number of para-hydroxylation sites is 2. The average molecular weight is 209 g/mol. The van der Waals surface area contributed by atoms with E-state index in [1.165, 1.54) is 0 Å². The van der Waals surface area contributed by atoms with E-state index in [0.717, 1.165) is 0 Å². The van der Waals surface area contributed by atoms with Crippen LogP contribution in [0.5, 0.6) is 0 Å². The zero-order valence-electron chi connectivity index (χ0n) is 6.51. The normalized spacial score (nSPS) is 10.2. The van der Waals surface area contributed by atoms with Crippen molar-refractivity contribution in [2.24, 2.45) is 0 Å². The maximum Gasteiger partial charge on any atom is 0.0777 e. The van der Waals surface area contributed by atoms with E-state index in [9.17, 15) is 0 Å². The van der Waals surface area contributed by atoms with Crippen LogP contribution >= 0.6 is 0 Å². The molecule has 0 saturated heterocycles. The van der Waals surface area contributed by atoms with Crippen molar-refractivity contribution in [3.63, 3.8) is 0 Å². The lowest BCUT2D eigenvalue weighted by Crippen LogP contribution is -2.58. The van der Waals surface area contributed by atoms with E-state index < -0.39 is 10.2 Å². The highest BCUT2D eigenvalue weighted by molar-refractivity contribution is 5.62. The van der Waals surface area contributed by atoms with Gasteiger partial charge in [-0.15, -0.1) is 0 Å². The number of anilines is 2. The van der Waals surface area contributed by atoms with Crippen LogP contribution in [0.25, 0.3) is 0 Å². The molecule has 0 bridgehead atoms. The van der Waals surface area contributed by atoms with Gasteiger partial charge in [0, 0.05) is 0 Å². The van der Waals surface area contributed by atoms with E-state index in [0.29, 0.717) is 11.4 Å². The summed E-state index contributed by atoms with van der Waals surface area (Å²) in [6.45, 7) is 0.